The molecule has 1 aromatic heterocycles. The average Bonchev–Trinajstić information content (AvgIpc) is 2.82. The molecule has 4 rings (SSSR count). The van der Waals surface area contributed by atoms with Crippen molar-refractivity contribution < 1.29 is 9.84 Å². The van der Waals surface area contributed by atoms with Crippen LogP contribution in [0.1, 0.15) is 13.3 Å². The lowest BCUT2D eigenvalue weighted by atomic mass is 10.0. The molecule has 0 aliphatic rings. The fraction of sp³-hybridized carbons (Fsp3) is 0.200. The van der Waals surface area contributed by atoms with Crippen LogP contribution in [0, 0.1) is 0 Å². The minimum atomic E-state index is 0.0273. The van der Waals surface area contributed by atoms with Crippen molar-refractivity contribution in [2.75, 3.05) is 19.0 Å². The molecule has 3 aromatic carbocycles. The average molecular weight is 415 g/mol. The maximum absolute atomic E-state index is 10.6. The van der Waals surface area contributed by atoms with E-state index in [0.29, 0.717) is 23.8 Å². The van der Waals surface area contributed by atoms with Crippen LogP contribution in [0.4, 0.5) is 5.82 Å². The monoisotopic (exact) mass is 414 g/mol. The van der Waals surface area contributed by atoms with E-state index in [9.17, 15) is 5.11 Å². The molecule has 1 heterocycles. The van der Waals surface area contributed by atoms with Crippen LogP contribution in [0.25, 0.3) is 33.4 Å². The summed E-state index contributed by atoms with van der Waals surface area (Å²) < 4.78 is 5.50. The van der Waals surface area contributed by atoms with Crippen molar-refractivity contribution in [3.8, 4) is 34.0 Å². The molecule has 0 bridgehead atoms. The minimum absolute atomic E-state index is 0.0273. The zero-order chi connectivity index (χ0) is 21.8. The number of fused-ring (bicyclic) bond motifs is 1. The summed E-state index contributed by atoms with van der Waals surface area (Å²) in [5, 5.41) is 14.9. The third kappa shape index (κ3) is 4.29. The first-order valence-corrected chi connectivity index (χ1v) is 10.3. The van der Waals surface area contributed by atoms with Gasteiger partial charge < -0.3 is 20.9 Å². The molecule has 0 saturated heterocycles. The largest absolute Gasteiger partial charge is 0.507 e. The molecule has 6 nitrogen and oxygen atoms in total. The standard InChI is InChI=1S/C25H26N4O2/c1-3-17(26)15-27-24-19-9-4-6-10-21(19)28-25(29-24)20-14-16(12-13-22(20)30)18-8-5-7-11-23(18)31-2/h4-14,17,30H,3,15,26H2,1-2H3,(H,27,28,29)/t17-/m0/s1. The van der Waals surface area contributed by atoms with Gasteiger partial charge in [-0.15, -0.1) is 0 Å². The van der Waals surface area contributed by atoms with E-state index in [4.69, 9.17) is 20.4 Å². The zero-order valence-corrected chi connectivity index (χ0v) is 17.7. The maximum atomic E-state index is 10.6. The number of aromatic nitrogens is 2. The third-order valence-corrected chi connectivity index (χ3v) is 5.31. The zero-order valence-electron chi connectivity index (χ0n) is 17.7. The van der Waals surface area contributed by atoms with Crippen molar-refractivity contribution in [3.63, 3.8) is 0 Å². The topological polar surface area (TPSA) is 93.3 Å². The van der Waals surface area contributed by atoms with Crippen molar-refractivity contribution in [2.24, 2.45) is 5.73 Å². The Morgan fingerprint density at radius 3 is 2.58 bits per heavy atom. The van der Waals surface area contributed by atoms with Crippen molar-refractivity contribution in [2.45, 2.75) is 19.4 Å². The molecule has 1 atom stereocenters. The second-order valence-corrected chi connectivity index (χ2v) is 7.39. The number of phenolic OH excluding ortho intramolecular Hbond substituents is 1. The third-order valence-electron chi connectivity index (χ3n) is 5.31. The second-order valence-electron chi connectivity index (χ2n) is 7.39. The Morgan fingerprint density at radius 2 is 1.77 bits per heavy atom. The Morgan fingerprint density at radius 1 is 1.00 bits per heavy atom. The molecule has 6 heteroatoms. The molecule has 4 aromatic rings. The molecule has 0 spiro atoms. The van der Waals surface area contributed by atoms with Crippen molar-refractivity contribution in [1.29, 1.82) is 0 Å². The van der Waals surface area contributed by atoms with Gasteiger partial charge in [-0.2, -0.15) is 0 Å². The Hall–Kier alpha value is -3.64. The van der Waals surface area contributed by atoms with Crippen LogP contribution >= 0.6 is 0 Å². The molecular weight excluding hydrogens is 388 g/mol. The number of nitrogens with zero attached hydrogens (tertiary/aromatic N) is 2. The molecule has 0 saturated carbocycles. The highest BCUT2D eigenvalue weighted by molar-refractivity contribution is 5.91. The highest BCUT2D eigenvalue weighted by Gasteiger charge is 2.15. The number of phenols is 1. The number of aromatic hydroxyl groups is 1. The summed E-state index contributed by atoms with van der Waals surface area (Å²) in [5.41, 5.74) is 9.28. The van der Waals surface area contributed by atoms with Gasteiger partial charge in [0.2, 0.25) is 0 Å². The van der Waals surface area contributed by atoms with Gasteiger partial charge in [0, 0.05) is 23.5 Å². The Kier molecular flexibility index (Phi) is 6.00. The van der Waals surface area contributed by atoms with Gasteiger partial charge in [-0.3, -0.25) is 0 Å². The highest BCUT2D eigenvalue weighted by atomic mass is 16.5. The predicted octanol–water partition coefficient (Wildman–Crippen LogP) is 4.83. The first-order valence-electron chi connectivity index (χ1n) is 10.3. The molecule has 0 aliphatic heterocycles. The lowest BCUT2D eigenvalue weighted by molar-refractivity contribution is 0.416. The van der Waals surface area contributed by atoms with Gasteiger partial charge in [-0.25, -0.2) is 9.97 Å². The Labute approximate surface area is 181 Å². The number of hydrogen-bond donors (Lipinski definition) is 3. The van der Waals surface area contributed by atoms with E-state index in [1.165, 1.54) is 0 Å². The van der Waals surface area contributed by atoms with Crippen LogP contribution in [-0.4, -0.2) is 34.8 Å². The van der Waals surface area contributed by atoms with Crippen LogP contribution in [0.3, 0.4) is 0 Å². The van der Waals surface area contributed by atoms with Crippen molar-refractivity contribution in [1.82, 2.24) is 9.97 Å². The molecule has 158 valence electrons. The van der Waals surface area contributed by atoms with Crippen LogP contribution in [0.15, 0.2) is 66.7 Å². The first kappa shape index (κ1) is 20.6. The molecular formula is C25H26N4O2. The molecule has 31 heavy (non-hydrogen) atoms. The van der Waals surface area contributed by atoms with Crippen LogP contribution in [0.5, 0.6) is 11.5 Å². The lowest BCUT2D eigenvalue weighted by Crippen LogP contribution is -2.28. The van der Waals surface area contributed by atoms with E-state index in [2.05, 4.69) is 12.2 Å². The number of ether oxygens (including phenoxy) is 1. The van der Waals surface area contributed by atoms with Crippen LogP contribution < -0.4 is 15.8 Å². The molecule has 0 aliphatic carbocycles. The number of para-hydroxylation sites is 2. The normalized spacial score (nSPS) is 12.0. The first-order chi connectivity index (χ1) is 15.1. The predicted molar refractivity (Wildman–Crippen MR) is 125 cm³/mol. The number of rotatable bonds is 7. The number of methoxy groups -OCH3 is 1. The number of hydrogen-bond acceptors (Lipinski definition) is 6. The van der Waals surface area contributed by atoms with Gasteiger partial charge in [0.1, 0.15) is 17.3 Å². The van der Waals surface area contributed by atoms with E-state index in [1.54, 1.807) is 13.2 Å². The van der Waals surface area contributed by atoms with Gasteiger partial charge >= 0.3 is 0 Å². The van der Waals surface area contributed by atoms with Crippen molar-refractivity contribution in [3.05, 3.63) is 66.7 Å². The van der Waals surface area contributed by atoms with Crippen LogP contribution in [-0.2, 0) is 0 Å². The molecule has 4 N–H and O–H groups in total. The van der Waals surface area contributed by atoms with E-state index >= 15 is 0 Å². The summed E-state index contributed by atoms with van der Waals surface area (Å²) in [7, 11) is 1.64. The summed E-state index contributed by atoms with van der Waals surface area (Å²) in [6.07, 6.45) is 0.866. The van der Waals surface area contributed by atoms with Gasteiger partial charge in [-0.1, -0.05) is 43.3 Å². The summed E-state index contributed by atoms with van der Waals surface area (Å²) in [4.78, 5) is 9.46. The van der Waals surface area contributed by atoms with Gasteiger partial charge in [0.15, 0.2) is 5.82 Å². The summed E-state index contributed by atoms with van der Waals surface area (Å²) in [6, 6.07) is 21.0. The maximum Gasteiger partial charge on any atom is 0.165 e. The van der Waals surface area contributed by atoms with Crippen LogP contribution in [0.2, 0.25) is 0 Å². The Bertz CT molecular complexity index is 1210. The highest BCUT2D eigenvalue weighted by Crippen LogP contribution is 2.36. The Balaban J connectivity index is 1.83. The van der Waals surface area contributed by atoms with E-state index in [0.717, 1.165) is 34.2 Å². The fourth-order valence-corrected chi connectivity index (χ4v) is 3.47. The molecule has 0 amide bonds. The number of benzene rings is 3. The van der Waals surface area contributed by atoms with E-state index in [-0.39, 0.29) is 11.8 Å². The van der Waals surface area contributed by atoms with Gasteiger partial charge in [-0.05, 0) is 42.3 Å². The fourth-order valence-electron chi connectivity index (χ4n) is 3.47. The summed E-state index contributed by atoms with van der Waals surface area (Å²) >= 11 is 0. The second kappa shape index (κ2) is 9.02. The SMILES string of the molecule is CC[C@H](N)CNc1nc(-c2cc(-c3ccccc3OC)ccc2O)nc2ccccc12. The van der Waals surface area contributed by atoms with Gasteiger partial charge in [0.05, 0.1) is 18.2 Å². The van der Waals surface area contributed by atoms with Crippen molar-refractivity contribution >= 4 is 16.7 Å². The van der Waals surface area contributed by atoms with Gasteiger partial charge in [0.25, 0.3) is 0 Å². The molecule has 0 radical (unpaired) electrons. The quantitative estimate of drug-likeness (QED) is 0.401. The summed E-state index contributed by atoms with van der Waals surface area (Å²) in [6.45, 7) is 2.65. The minimum Gasteiger partial charge on any atom is -0.507 e. The summed E-state index contributed by atoms with van der Waals surface area (Å²) in [5.74, 6) is 2.02. The number of nitrogens with one attached hydrogen (secondary N) is 1. The van der Waals surface area contributed by atoms with E-state index in [1.807, 2.05) is 60.7 Å². The molecule has 0 unspecified atom stereocenters. The number of nitrogens with two attached hydrogens (primary N) is 1. The lowest BCUT2D eigenvalue weighted by Gasteiger charge is -2.15. The number of anilines is 1. The smallest absolute Gasteiger partial charge is 0.165 e. The van der Waals surface area contributed by atoms with E-state index < -0.39 is 0 Å². The molecule has 0 fully saturated rings.